The molecule has 0 unspecified atom stereocenters. The molecule has 1 spiro atoms. The van der Waals surface area contributed by atoms with Crippen LogP contribution in [0.25, 0.3) is 0 Å². The lowest BCUT2D eigenvalue weighted by atomic mass is 9.60. The van der Waals surface area contributed by atoms with E-state index in [4.69, 9.17) is 0 Å². The van der Waals surface area contributed by atoms with Gasteiger partial charge in [0, 0.05) is 37.5 Å². The minimum Gasteiger partial charge on any atom is -0.394 e. The van der Waals surface area contributed by atoms with Crippen LogP contribution in [0.15, 0.2) is 41.9 Å². The molecule has 1 N–H and O–H groups in total. The van der Waals surface area contributed by atoms with Gasteiger partial charge < -0.3 is 10.0 Å². The second-order valence-corrected chi connectivity index (χ2v) is 7.68. The van der Waals surface area contributed by atoms with Gasteiger partial charge in [0.25, 0.3) is 0 Å². The van der Waals surface area contributed by atoms with Crippen molar-refractivity contribution >= 4 is 17.2 Å². The largest absolute Gasteiger partial charge is 0.394 e. The van der Waals surface area contributed by atoms with Crippen molar-refractivity contribution in [2.45, 2.75) is 31.0 Å². The Kier molecular flexibility index (Phi) is 3.90. The van der Waals surface area contributed by atoms with Crippen molar-refractivity contribution < 1.29 is 9.90 Å². The van der Waals surface area contributed by atoms with Crippen LogP contribution in [-0.2, 0) is 11.3 Å². The number of carbonyl (C=O) groups is 1. The quantitative estimate of drug-likeness (QED) is 0.918. The van der Waals surface area contributed by atoms with E-state index in [-0.39, 0.29) is 30.0 Å². The summed E-state index contributed by atoms with van der Waals surface area (Å²) in [6, 6.07) is 10.2. The number of benzene rings is 1. The third-order valence-electron chi connectivity index (χ3n) is 5.30. The van der Waals surface area contributed by atoms with Gasteiger partial charge in [-0.15, -0.1) is 11.3 Å². The molecule has 2 atom stereocenters. The molecular formula is C18H21N3O2S. The summed E-state index contributed by atoms with van der Waals surface area (Å²) in [5, 5.41) is 12.9. The Morgan fingerprint density at radius 2 is 2.12 bits per heavy atom. The first-order valence-electron chi connectivity index (χ1n) is 8.22. The van der Waals surface area contributed by atoms with E-state index in [2.05, 4.69) is 22.0 Å². The van der Waals surface area contributed by atoms with E-state index in [9.17, 15) is 9.90 Å². The molecular weight excluding hydrogens is 322 g/mol. The highest BCUT2D eigenvalue weighted by Gasteiger charge is 2.66. The van der Waals surface area contributed by atoms with Gasteiger partial charge in [0.05, 0.1) is 24.7 Å². The molecule has 1 aromatic heterocycles. The highest BCUT2D eigenvalue weighted by molar-refractivity contribution is 7.09. The normalized spacial score (nSPS) is 25.3. The van der Waals surface area contributed by atoms with Crippen molar-refractivity contribution in [2.24, 2.45) is 0 Å². The second kappa shape index (κ2) is 5.95. The molecule has 1 amide bonds. The number of amides is 1. The minimum absolute atomic E-state index is 0.00731. The molecule has 2 saturated heterocycles. The maximum Gasteiger partial charge on any atom is 0.220 e. The van der Waals surface area contributed by atoms with Crippen molar-refractivity contribution in [3.63, 3.8) is 0 Å². The molecule has 2 fully saturated rings. The number of aliphatic hydroxyl groups excluding tert-OH is 1. The molecule has 0 bridgehead atoms. The Morgan fingerprint density at radius 3 is 2.71 bits per heavy atom. The first kappa shape index (κ1) is 15.7. The number of hydrogen-bond acceptors (Lipinski definition) is 5. The topological polar surface area (TPSA) is 56.7 Å². The van der Waals surface area contributed by atoms with E-state index >= 15 is 0 Å². The van der Waals surface area contributed by atoms with Crippen molar-refractivity contribution in [1.29, 1.82) is 0 Å². The van der Waals surface area contributed by atoms with Gasteiger partial charge in [-0.25, -0.2) is 4.98 Å². The predicted octanol–water partition coefficient (Wildman–Crippen LogP) is 1.70. The molecule has 0 radical (unpaired) electrons. The van der Waals surface area contributed by atoms with Crippen LogP contribution in [0, 0.1) is 0 Å². The average Bonchev–Trinajstić information content (AvgIpc) is 3.02. The molecule has 2 aliphatic heterocycles. The molecule has 1 aromatic carbocycles. The predicted molar refractivity (Wildman–Crippen MR) is 92.7 cm³/mol. The van der Waals surface area contributed by atoms with Crippen LogP contribution in [0.3, 0.4) is 0 Å². The van der Waals surface area contributed by atoms with Gasteiger partial charge >= 0.3 is 0 Å². The Labute approximate surface area is 145 Å². The lowest BCUT2D eigenvalue weighted by Gasteiger charge is -2.70. The summed E-state index contributed by atoms with van der Waals surface area (Å²) in [7, 11) is 0. The fraction of sp³-hybridized carbons (Fsp3) is 0.444. The first-order valence-corrected chi connectivity index (χ1v) is 9.10. The van der Waals surface area contributed by atoms with Gasteiger partial charge in [0.2, 0.25) is 5.91 Å². The Morgan fingerprint density at radius 1 is 1.38 bits per heavy atom. The summed E-state index contributed by atoms with van der Waals surface area (Å²) < 4.78 is 0. The lowest BCUT2D eigenvalue weighted by molar-refractivity contribution is -0.199. The van der Waals surface area contributed by atoms with Crippen molar-refractivity contribution in [2.75, 3.05) is 19.7 Å². The van der Waals surface area contributed by atoms with E-state index in [0.717, 1.165) is 24.6 Å². The summed E-state index contributed by atoms with van der Waals surface area (Å²) in [5.74, 6) is 0.246. The first-order chi connectivity index (χ1) is 11.7. The summed E-state index contributed by atoms with van der Waals surface area (Å²) in [6.45, 7) is 4.11. The summed E-state index contributed by atoms with van der Waals surface area (Å²) >= 11 is 1.66. The third-order valence-corrected chi connectivity index (χ3v) is 6.06. The van der Waals surface area contributed by atoms with Crippen LogP contribution < -0.4 is 0 Å². The number of thiazole rings is 1. The molecule has 3 heterocycles. The number of carbonyl (C=O) groups excluding carboxylic acids is 1. The maximum absolute atomic E-state index is 12.2. The highest BCUT2D eigenvalue weighted by atomic mass is 32.1. The fourth-order valence-electron chi connectivity index (χ4n) is 4.54. The van der Waals surface area contributed by atoms with Crippen LogP contribution in [0.4, 0.5) is 0 Å². The summed E-state index contributed by atoms with van der Waals surface area (Å²) in [6.07, 6.45) is 1.83. The van der Waals surface area contributed by atoms with E-state index in [0.29, 0.717) is 0 Å². The molecule has 0 aliphatic carbocycles. The van der Waals surface area contributed by atoms with Crippen molar-refractivity contribution in [1.82, 2.24) is 14.8 Å². The number of rotatable bonds is 4. The van der Waals surface area contributed by atoms with E-state index in [1.807, 2.05) is 34.7 Å². The standard InChI is InChI=1S/C18H21N3O2S/c1-13(23)21-15(10-22)17(14-5-3-2-4-6-14)18(21)11-20(12-18)9-16-19-7-8-24-16/h2-8,15,17,22H,9-12H2,1H3/t15-,17+/m1/s1. The zero-order valence-electron chi connectivity index (χ0n) is 13.6. The molecule has 126 valence electrons. The molecule has 6 heteroatoms. The number of aromatic nitrogens is 1. The van der Waals surface area contributed by atoms with Gasteiger partial charge in [0.15, 0.2) is 0 Å². The molecule has 0 saturated carbocycles. The van der Waals surface area contributed by atoms with Crippen LogP contribution in [-0.4, -0.2) is 57.1 Å². The van der Waals surface area contributed by atoms with Gasteiger partial charge in [-0.3, -0.25) is 9.69 Å². The van der Waals surface area contributed by atoms with E-state index < -0.39 is 0 Å². The number of hydrogen-bond donors (Lipinski definition) is 1. The molecule has 24 heavy (non-hydrogen) atoms. The van der Waals surface area contributed by atoms with Gasteiger partial charge in [0.1, 0.15) is 5.01 Å². The van der Waals surface area contributed by atoms with Crippen molar-refractivity contribution in [3.8, 4) is 0 Å². The number of aliphatic hydroxyl groups is 1. The average molecular weight is 343 g/mol. The van der Waals surface area contributed by atoms with Crippen LogP contribution in [0.2, 0.25) is 0 Å². The van der Waals surface area contributed by atoms with Gasteiger partial charge in [-0.2, -0.15) is 0 Å². The van der Waals surface area contributed by atoms with E-state index in [1.165, 1.54) is 5.56 Å². The second-order valence-electron chi connectivity index (χ2n) is 6.70. The zero-order valence-corrected chi connectivity index (χ0v) is 14.4. The van der Waals surface area contributed by atoms with Crippen LogP contribution in [0.1, 0.15) is 23.4 Å². The smallest absolute Gasteiger partial charge is 0.220 e. The summed E-state index contributed by atoms with van der Waals surface area (Å²) in [4.78, 5) is 20.8. The molecule has 2 aliphatic rings. The van der Waals surface area contributed by atoms with Gasteiger partial charge in [-0.05, 0) is 5.56 Å². The summed E-state index contributed by atoms with van der Waals surface area (Å²) in [5.41, 5.74) is 1.03. The monoisotopic (exact) mass is 343 g/mol. The Hall–Kier alpha value is -1.76. The number of nitrogens with zero attached hydrogens (tertiary/aromatic N) is 3. The van der Waals surface area contributed by atoms with Crippen LogP contribution >= 0.6 is 11.3 Å². The van der Waals surface area contributed by atoms with Gasteiger partial charge in [-0.1, -0.05) is 30.3 Å². The SMILES string of the molecule is CC(=O)N1[C@H](CO)[C@H](c2ccccc2)C12CN(Cc1nccs1)C2. The fourth-order valence-corrected chi connectivity index (χ4v) is 5.20. The highest BCUT2D eigenvalue weighted by Crippen LogP contribution is 2.53. The molecule has 5 nitrogen and oxygen atoms in total. The minimum atomic E-state index is -0.183. The maximum atomic E-state index is 12.2. The zero-order chi connectivity index (χ0) is 16.7. The van der Waals surface area contributed by atoms with Crippen molar-refractivity contribution in [3.05, 3.63) is 52.5 Å². The lowest BCUT2D eigenvalue weighted by Crippen LogP contribution is -2.85. The van der Waals surface area contributed by atoms with E-state index in [1.54, 1.807) is 18.3 Å². The number of likely N-dealkylation sites (tertiary alicyclic amines) is 2. The molecule has 2 aromatic rings. The Bertz CT molecular complexity index is 713. The molecule has 4 rings (SSSR count). The third kappa shape index (κ3) is 2.29. The van der Waals surface area contributed by atoms with Crippen LogP contribution in [0.5, 0.6) is 0 Å². The Balaban J connectivity index is 1.58.